The first-order chi connectivity index (χ1) is 12.1. The zero-order valence-corrected chi connectivity index (χ0v) is 14.7. The van der Waals surface area contributed by atoms with Crippen molar-refractivity contribution < 1.29 is 17.9 Å². The third kappa shape index (κ3) is 2.78. The van der Waals surface area contributed by atoms with Crippen LogP contribution in [0.2, 0.25) is 0 Å². The number of nitrogens with zero attached hydrogens (tertiary/aromatic N) is 3. The Hall–Kier alpha value is -2.10. The van der Waals surface area contributed by atoms with Crippen LogP contribution in [0.25, 0.3) is 0 Å². The molecule has 25 heavy (non-hydrogen) atoms. The standard InChI is InChI=1S/C16H20N4O4S/c1-19-7-6-18-16(19)12-11-17-5-8-20(12)25(21,22)14-4-2-3-13-15(14)24-10-9-23-13/h2-4,6-7,12,17H,5,8-11H2,1H3. The molecule has 134 valence electrons. The number of fused-ring (bicyclic) bond motifs is 1. The average molecular weight is 364 g/mol. The van der Waals surface area contributed by atoms with Crippen molar-refractivity contribution in [1.29, 1.82) is 0 Å². The van der Waals surface area contributed by atoms with Gasteiger partial charge in [-0.25, -0.2) is 13.4 Å². The van der Waals surface area contributed by atoms with Gasteiger partial charge in [0.05, 0.1) is 6.04 Å². The van der Waals surface area contributed by atoms with Gasteiger partial charge in [0.2, 0.25) is 10.0 Å². The molecule has 1 fully saturated rings. The minimum absolute atomic E-state index is 0.144. The number of piperazine rings is 1. The minimum atomic E-state index is -3.76. The molecule has 9 heteroatoms. The number of benzene rings is 1. The first-order valence-corrected chi connectivity index (χ1v) is 9.61. The van der Waals surface area contributed by atoms with Gasteiger partial charge in [0.25, 0.3) is 0 Å². The molecule has 1 aromatic heterocycles. The molecule has 0 amide bonds. The Bertz CT molecular complexity index is 880. The van der Waals surface area contributed by atoms with E-state index in [1.165, 1.54) is 4.31 Å². The molecule has 1 atom stereocenters. The van der Waals surface area contributed by atoms with Crippen molar-refractivity contribution >= 4 is 10.0 Å². The van der Waals surface area contributed by atoms with Gasteiger partial charge in [-0.05, 0) is 12.1 Å². The highest BCUT2D eigenvalue weighted by molar-refractivity contribution is 7.89. The molecule has 0 saturated carbocycles. The van der Waals surface area contributed by atoms with Crippen LogP contribution >= 0.6 is 0 Å². The van der Waals surface area contributed by atoms with Gasteiger partial charge in [-0.3, -0.25) is 0 Å². The Labute approximate surface area is 146 Å². The predicted molar refractivity (Wildman–Crippen MR) is 90.1 cm³/mol. The minimum Gasteiger partial charge on any atom is -0.486 e. The molecule has 8 nitrogen and oxygen atoms in total. The lowest BCUT2D eigenvalue weighted by Crippen LogP contribution is -2.49. The highest BCUT2D eigenvalue weighted by Gasteiger charge is 2.38. The van der Waals surface area contributed by atoms with Crippen molar-refractivity contribution in [2.75, 3.05) is 32.8 Å². The summed E-state index contributed by atoms with van der Waals surface area (Å²) in [4.78, 5) is 4.49. The maximum Gasteiger partial charge on any atom is 0.247 e. The number of imidazole rings is 1. The summed E-state index contributed by atoms with van der Waals surface area (Å²) in [5.74, 6) is 1.47. The van der Waals surface area contributed by atoms with Crippen molar-refractivity contribution in [1.82, 2.24) is 19.2 Å². The number of nitrogens with one attached hydrogen (secondary N) is 1. The van der Waals surface area contributed by atoms with Crippen LogP contribution in [0.5, 0.6) is 11.5 Å². The van der Waals surface area contributed by atoms with Crippen molar-refractivity contribution in [3.8, 4) is 11.5 Å². The van der Waals surface area contributed by atoms with Crippen molar-refractivity contribution in [3.63, 3.8) is 0 Å². The number of hydrogen-bond acceptors (Lipinski definition) is 6. The Morgan fingerprint density at radius 3 is 2.92 bits per heavy atom. The van der Waals surface area contributed by atoms with Crippen LogP contribution < -0.4 is 14.8 Å². The van der Waals surface area contributed by atoms with E-state index in [1.807, 2.05) is 17.8 Å². The third-order valence-corrected chi connectivity index (χ3v) is 6.40. The molecule has 1 saturated heterocycles. The molecular formula is C16H20N4O4S. The predicted octanol–water partition coefficient (Wildman–Crippen LogP) is 0.527. The Balaban J connectivity index is 1.78. The molecule has 0 radical (unpaired) electrons. The molecule has 0 spiro atoms. The second kappa shape index (κ2) is 6.32. The molecule has 1 aromatic carbocycles. The van der Waals surface area contributed by atoms with Crippen LogP contribution in [0.15, 0.2) is 35.5 Å². The smallest absolute Gasteiger partial charge is 0.247 e. The quantitative estimate of drug-likeness (QED) is 0.855. The van der Waals surface area contributed by atoms with E-state index in [0.29, 0.717) is 50.2 Å². The molecule has 2 aliphatic heterocycles. The Morgan fingerprint density at radius 1 is 1.28 bits per heavy atom. The number of hydrogen-bond donors (Lipinski definition) is 1. The molecule has 2 aromatic rings. The molecule has 0 bridgehead atoms. The molecule has 3 heterocycles. The van der Waals surface area contributed by atoms with Gasteiger partial charge >= 0.3 is 0 Å². The Morgan fingerprint density at radius 2 is 2.12 bits per heavy atom. The summed E-state index contributed by atoms with van der Waals surface area (Å²) in [7, 11) is -1.90. The lowest BCUT2D eigenvalue weighted by atomic mass is 10.2. The third-order valence-electron chi connectivity index (χ3n) is 4.47. The monoisotopic (exact) mass is 364 g/mol. The lowest BCUT2D eigenvalue weighted by molar-refractivity contribution is 0.166. The second-order valence-electron chi connectivity index (χ2n) is 6.01. The van der Waals surface area contributed by atoms with E-state index in [9.17, 15) is 8.42 Å². The van der Waals surface area contributed by atoms with E-state index in [2.05, 4.69) is 10.3 Å². The lowest BCUT2D eigenvalue weighted by Gasteiger charge is -2.35. The van der Waals surface area contributed by atoms with Crippen molar-refractivity contribution in [2.45, 2.75) is 10.9 Å². The summed E-state index contributed by atoms with van der Waals surface area (Å²) < 4.78 is 41.3. The number of aryl methyl sites for hydroxylation is 1. The van der Waals surface area contributed by atoms with Gasteiger partial charge in [0.1, 0.15) is 23.9 Å². The summed E-state index contributed by atoms with van der Waals surface area (Å²) in [5.41, 5.74) is 0. The molecule has 0 aliphatic carbocycles. The van der Waals surface area contributed by atoms with Crippen LogP contribution in [0, 0.1) is 0 Å². The van der Waals surface area contributed by atoms with Gasteiger partial charge in [0.15, 0.2) is 11.5 Å². The first kappa shape index (κ1) is 16.4. The van der Waals surface area contributed by atoms with Crippen LogP contribution in [0.3, 0.4) is 0 Å². The van der Waals surface area contributed by atoms with E-state index >= 15 is 0 Å². The Kier molecular flexibility index (Phi) is 4.14. The fourth-order valence-corrected chi connectivity index (χ4v) is 5.00. The maximum absolute atomic E-state index is 13.4. The topological polar surface area (TPSA) is 85.7 Å². The van der Waals surface area contributed by atoms with Crippen LogP contribution in [0.1, 0.15) is 11.9 Å². The van der Waals surface area contributed by atoms with E-state index in [0.717, 1.165) is 0 Å². The number of rotatable bonds is 3. The number of ether oxygens (including phenoxy) is 2. The fraction of sp³-hybridized carbons (Fsp3) is 0.438. The summed E-state index contributed by atoms with van der Waals surface area (Å²) >= 11 is 0. The molecule has 1 unspecified atom stereocenters. The molecular weight excluding hydrogens is 344 g/mol. The molecule has 4 rings (SSSR count). The first-order valence-electron chi connectivity index (χ1n) is 8.17. The zero-order valence-electron chi connectivity index (χ0n) is 13.9. The van der Waals surface area contributed by atoms with Gasteiger partial charge in [0, 0.05) is 39.1 Å². The van der Waals surface area contributed by atoms with E-state index in [-0.39, 0.29) is 10.9 Å². The number of para-hydroxylation sites is 1. The fourth-order valence-electron chi connectivity index (χ4n) is 3.27. The van der Waals surface area contributed by atoms with E-state index in [4.69, 9.17) is 9.47 Å². The van der Waals surface area contributed by atoms with Crippen molar-refractivity contribution in [3.05, 3.63) is 36.4 Å². The zero-order chi connectivity index (χ0) is 17.4. The van der Waals surface area contributed by atoms with Gasteiger partial charge in [-0.1, -0.05) is 6.07 Å². The number of sulfonamides is 1. The SMILES string of the molecule is Cn1ccnc1C1CNCCN1S(=O)(=O)c1cccc2c1OCCO2. The van der Waals surface area contributed by atoms with Crippen LogP contribution in [0.4, 0.5) is 0 Å². The summed E-state index contributed by atoms with van der Waals surface area (Å²) in [5, 5.41) is 3.25. The van der Waals surface area contributed by atoms with Gasteiger partial charge < -0.3 is 19.4 Å². The summed E-state index contributed by atoms with van der Waals surface area (Å²) in [6.07, 6.45) is 3.49. The highest BCUT2D eigenvalue weighted by Crippen LogP contribution is 2.39. The van der Waals surface area contributed by atoms with E-state index in [1.54, 1.807) is 24.4 Å². The average Bonchev–Trinajstić information content (AvgIpc) is 3.07. The maximum atomic E-state index is 13.4. The summed E-state index contributed by atoms with van der Waals surface area (Å²) in [6, 6.07) is 4.60. The normalized spacial score (nSPS) is 21.2. The van der Waals surface area contributed by atoms with Crippen molar-refractivity contribution in [2.24, 2.45) is 7.05 Å². The van der Waals surface area contributed by atoms with Crippen LogP contribution in [-0.4, -0.2) is 55.1 Å². The largest absolute Gasteiger partial charge is 0.486 e. The van der Waals surface area contributed by atoms with Gasteiger partial charge in [-0.15, -0.1) is 0 Å². The van der Waals surface area contributed by atoms with Gasteiger partial charge in [-0.2, -0.15) is 4.31 Å². The summed E-state index contributed by atoms with van der Waals surface area (Å²) in [6.45, 7) is 2.22. The van der Waals surface area contributed by atoms with E-state index < -0.39 is 10.0 Å². The second-order valence-corrected chi connectivity index (χ2v) is 7.87. The molecule has 1 N–H and O–H groups in total. The highest BCUT2D eigenvalue weighted by atomic mass is 32.2. The molecule has 2 aliphatic rings. The van der Waals surface area contributed by atoms with Crippen LogP contribution in [-0.2, 0) is 17.1 Å². The number of aromatic nitrogens is 2.